The van der Waals surface area contributed by atoms with Crippen molar-refractivity contribution >= 4 is 23.3 Å². The van der Waals surface area contributed by atoms with Crippen LogP contribution in [0.5, 0.6) is 0 Å². The quantitative estimate of drug-likeness (QED) is 0.892. The molecule has 2 rings (SSSR count). The number of aromatic carboxylic acids is 1. The topological polar surface area (TPSA) is 58.6 Å². The van der Waals surface area contributed by atoms with Gasteiger partial charge in [-0.3, -0.25) is 0 Å². The molecule has 0 amide bonds. The summed E-state index contributed by atoms with van der Waals surface area (Å²) in [6, 6.07) is 5.03. The number of halogens is 1. The molecule has 0 aliphatic carbocycles. The maximum absolute atomic E-state index is 10.8. The molecule has 1 aliphatic rings. The van der Waals surface area contributed by atoms with Gasteiger partial charge in [-0.05, 0) is 44.9 Å². The molecule has 0 aromatic heterocycles. The van der Waals surface area contributed by atoms with E-state index >= 15 is 0 Å². The Morgan fingerprint density at radius 3 is 2.84 bits per heavy atom. The van der Waals surface area contributed by atoms with Crippen LogP contribution in [0.15, 0.2) is 18.2 Å². The van der Waals surface area contributed by atoms with E-state index in [0.29, 0.717) is 5.02 Å². The first kappa shape index (κ1) is 14.2. The monoisotopic (exact) mass is 283 g/mol. The molecule has 2 N–H and O–H groups in total. The van der Waals surface area contributed by atoms with E-state index in [0.717, 1.165) is 25.1 Å². The lowest BCUT2D eigenvalue weighted by molar-refractivity contribution is -0.0553. The van der Waals surface area contributed by atoms with Crippen LogP contribution in [0.25, 0.3) is 0 Å². The van der Waals surface area contributed by atoms with Crippen LogP contribution in [0, 0.1) is 0 Å². The van der Waals surface area contributed by atoms with Gasteiger partial charge in [0.1, 0.15) is 0 Å². The molecule has 1 atom stereocenters. The first-order valence-corrected chi connectivity index (χ1v) is 6.68. The van der Waals surface area contributed by atoms with Crippen molar-refractivity contribution in [3.05, 3.63) is 28.8 Å². The molecular weight excluding hydrogens is 266 g/mol. The number of ether oxygens (including phenoxy) is 1. The van der Waals surface area contributed by atoms with Gasteiger partial charge in [0.25, 0.3) is 0 Å². The zero-order chi connectivity index (χ0) is 14.0. The third-order valence-electron chi connectivity index (χ3n) is 3.27. The number of hydrogen-bond acceptors (Lipinski definition) is 3. The summed E-state index contributed by atoms with van der Waals surface area (Å²) in [4.78, 5) is 10.8. The summed E-state index contributed by atoms with van der Waals surface area (Å²) >= 11 is 6.11. The molecule has 0 saturated carbocycles. The second kappa shape index (κ2) is 5.39. The second-order valence-electron chi connectivity index (χ2n) is 5.44. The van der Waals surface area contributed by atoms with Gasteiger partial charge >= 0.3 is 5.97 Å². The van der Waals surface area contributed by atoms with Gasteiger partial charge in [-0.25, -0.2) is 4.79 Å². The van der Waals surface area contributed by atoms with E-state index in [9.17, 15) is 4.79 Å². The first-order chi connectivity index (χ1) is 8.87. The fourth-order valence-corrected chi connectivity index (χ4v) is 2.58. The summed E-state index contributed by atoms with van der Waals surface area (Å²) in [7, 11) is 0. The summed E-state index contributed by atoms with van der Waals surface area (Å²) in [6.07, 6.45) is 1.81. The lowest BCUT2D eigenvalue weighted by atomic mass is 9.94. The Morgan fingerprint density at radius 2 is 2.26 bits per heavy atom. The lowest BCUT2D eigenvalue weighted by Crippen LogP contribution is -2.40. The minimum Gasteiger partial charge on any atom is -0.478 e. The molecule has 0 bridgehead atoms. The van der Waals surface area contributed by atoms with Crippen molar-refractivity contribution in [2.45, 2.75) is 38.3 Å². The zero-order valence-corrected chi connectivity index (χ0v) is 11.8. The van der Waals surface area contributed by atoms with E-state index in [4.69, 9.17) is 21.4 Å². The normalized spacial score (nSPS) is 21.9. The third-order valence-corrected chi connectivity index (χ3v) is 3.59. The zero-order valence-electron chi connectivity index (χ0n) is 11.1. The molecular formula is C14H18ClNO3. The highest BCUT2D eigenvalue weighted by Gasteiger charge is 2.29. The highest BCUT2D eigenvalue weighted by atomic mass is 35.5. The summed E-state index contributed by atoms with van der Waals surface area (Å²) in [5.74, 6) is -0.972. The van der Waals surface area contributed by atoms with E-state index in [1.54, 1.807) is 12.1 Å². The lowest BCUT2D eigenvalue weighted by Gasteiger charge is -2.36. The van der Waals surface area contributed by atoms with E-state index in [2.05, 4.69) is 19.2 Å². The van der Waals surface area contributed by atoms with Gasteiger partial charge in [0.15, 0.2) is 0 Å². The fraction of sp³-hybridized carbons (Fsp3) is 0.500. The molecule has 1 aromatic rings. The predicted molar refractivity (Wildman–Crippen MR) is 75.1 cm³/mol. The molecule has 1 fully saturated rings. The fourth-order valence-electron chi connectivity index (χ4n) is 2.34. The summed E-state index contributed by atoms with van der Waals surface area (Å²) in [5, 5.41) is 12.7. The number of hydrogen-bond donors (Lipinski definition) is 2. The van der Waals surface area contributed by atoms with E-state index in [1.807, 2.05) is 0 Å². The standard InChI is InChI=1S/C14H18ClNO3/c1-14(2)8-10(5-6-19-14)16-12-4-3-9(13(17)18)7-11(12)15/h3-4,7,10,16H,5-6,8H2,1-2H3,(H,17,18). The van der Waals surface area contributed by atoms with Crippen LogP contribution < -0.4 is 5.32 Å². The Labute approximate surface area is 117 Å². The Morgan fingerprint density at radius 1 is 1.53 bits per heavy atom. The molecule has 1 saturated heterocycles. The molecule has 1 aliphatic heterocycles. The molecule has 5 heteroatoms. The predicted octanol–water partition coefficient (Wildman–Crippen LogP) is 3.41. The highest BCUT2D eigenvalue weighted by molar-refractivity contribution is 6.33. The molecule has 0 spiro atoms. The van der Waals surface area contributed by atoms with Gasteiger partial charge in [-0.2, -0.15) is 0 Å². The van der Waals surface area contributed by atoms with Crippen LogP contribution in [0.2, 0.25) is 5.02 Å². The van der Waals surface area contributed by atoms with Crippen molar-refractivity contribution in [1.29, 1.82) is 0 Å². The summed E-state index contributed by atoms with van der Waals surface area (Å²) in [6.45, 7) is 4.85. The van der Waals surface area contributed by atoms with Crippen LogP contribution in [0.3, 0.4) is 0 Å². The van der Waals surface area contributed by atoms with Gasteiger partial charge < -0.3 is 15.2 Å². The Hall–Kier alpha value is -1.26. The second-order valence-corrected chi connectivity index (χ2v) is 5.85. The maximum atomic E-state index is 10.8. The van der Waals surface area contributed by atoms with Crippen LogP contribution in [-0.2, 0) is 4.74 Å². The largest absolute Gasteiger partial charge is 0.478 e. The Kier molecular flexibility index (Phi) is 4.02. The number of anilines is 1. The summed E-state index contributed by atoms with van der Waals surface area (Å²) in [5.41, 5.74) is 0.834. The maximum Gasteiger partial charge on any atom is 0.335 e. The Balaban J connectivity index is 2.09. The van der Waals surface area contributed by atoms with Gasteiger partial charge in [0.05, 0.1) is 21.9 Å². The minimum atomic E-state index is -0.972. The van der Waals surface area contributed by atoms with Crippen LogP contribution in [-0.4, -0.2) is 29.3 Å². The van der Waals surface area contributed by atoms with Gasteiger partial charge in [-0.1, -0.05) is 11.6 Å². The summed E-state index contributed by atoms with van der Waals surface area (Å²) < 4.78 is 5.66. The number of carboxylic acid groups (broad SMARTS) is 1. The van der Waals surface area contributed by atoms with Crippen molar-refractivity contribution < 1.29 is 14.6 Å². The van der Waals surface area contributed by atoms with Crippen molar-refractivity contribution in [3.8, 4) is 0 Å². The molecule has 4 nitrogen and oxygen atoms in total. The van der Waals surface area contributed by atoms with Crippen molar-refractivity contribution in [2.24, 2.45) is 0 Å². The van der Waals surface area contributed by atoms with Crippen LogP contribution in [0.1, 0.15) is 37.0 Å². The van der Waals surface area contributed by atoms with Crippen molar-refractivity contribution in [2.75, 3.05) is 11.9 Å². The van der Waals surface area contributed by atoms with Crippen molar-refractivity contribution in [3.63, 3.8) is 0 Å². The van der Waals surface area contributed by atoms with E-state index in [1.165, 1.54) is 6.07 Å². The van der Waals surface area contributed by atoms with Gasteiger partial charge in [0.2, 0.25) is 0 Å². The van der Waals surface area contributed by atoms with Gasteiger partial charge in [0, 0.05) is 12.6 Å². The minimum absolute atomic E-state index is 0.136. The number of carboxylic acids is 1. The molecule has 19 heavy (non-hydrogen) atoms. The highest BCUT2D eigenvalue weighted by Crippen LogP contribution is 2.29. The van der Waals surface area contributed by atoms with Crippen LogP contribution >= 0.6 is 11.6 Å². The number of nitrogens with one attached hydrogen (secondary N) is 1. The molecule has 1 heterocycles. The molecule has 1 aromatic carbocycles. The van der Waals surface area contributed by atoms with Crippen LogP contribution in [0.4, 0.5) is 5.69 Å². The molecule has 1 unspecified atom stereocenters. The SMILES string of the molecule is CC1(C)CC(Nc2ccc(C(=O)O)cc2Cl)CCO1. The number of benzene rings is 1. The first-order valence-electron chi connectivity index (χ1n) is 6.31. The van der Waals surface area contributed by atoms with Gasteiger partial charge in [-0.15, -0.1) is 0 Å². The third kappa shape index (κ3) is 3.61. The smallest absolute Gasteiger partial charge is 0.335 e. The van der Waals surface area contributed by atoms with E-state index < -0.39 is 5.97 Å². The molecule has 104 valence electrons. The van der Waals surface area contributed by atoms with Crippen molar-refractivity contribution in [1.82, 2.24) is 0 Å². The van der Waals surface area contributed by atoms with E-state index in [-0.39, 0.29) is 17.2 Å². The average Bonchev–Trinajstić information content (AvgIpc) is 2.30. The average molecular weight is 284 g/mol. The molecule has 0 radical (unpaired) electrons. The number of rotatable bonds is 3. The Bertz CT molecular complexity index is 488. The number of carbonyl (C=O) groups is 1.